The van der Waals surface area contributed by atoms with Crippen molar-refractivity contribution in [2.24, 2.45) is 5.92 Å². The van der Waals surface area contributed by atoms with Crippen LogP contribution in [0.5, 0.6) is 0 Å². The number of rotatable bonds is 2. The predicted molar refractivity (Wildman–Crippen MR) is 46.8 cm³/mol. The fourth-order valence-electron chi connectivity index (χ4n) is 1.02. The van der Waals surface area contributed by atoms with E-state index in [0.717, 1.165) is 6.42 Å². The molecule has 0 aromatic rings. The Morgan fingerprint density at radius 3 is 2.90 bits per heavy atom. The first-order valence-corrected chi connectivity index (χ1v) is 4.43. The molecule has 10 heavy (non-hydrogen) atoms. The Morgan fingerprint density at radius 1 is 1.50 bits per heavy atom. The third-order valence-corrected chi connectivity index (χ3v) is 2.28. The highest BCUT2D eigenvalue weighted by atomic mass is 35.5. The molecule has 0 fully saturated rings. The normalized spacial score (nSPS) is 24.6. The zero-order chi connectivity index (χ0) is 7.40. The van der Waals surface area contributed by atoms with E-state index in [1.807, 2.05) is 0 Å². The highest BCUT2D eigenvalue weighted by Gasteiger charge is 2.06. The smallest absolute Gasteiger partial charge is 0.0470 e. The first-order chi connectivity index (χ1) is 4.86. The van der Waals surface area contributed by atoms with Crippen LogP contribution in [0.25, 0.3) is 0 Å². The topological polar surface area (TPSA) is 0 Å². The lowest BCUT2D eigenvalue weighted by atomic mass is 9.99. The minimum Gasteiger partial charge on any atom is -0.126 e. The fraction of sp³-hybridized carbons (Fsp3) is 0.500. The molecule has 0 heterocycles. The van der Waals surface area contributed by atoms with Crippen LogP contribution in [0.2, 0.25) is 0 Å². The summed E-state index contributed by atoms with van der Waals surface area (Å²) < 4.78 is 0. The van der Waals surface area contributed by atoms with Crippen molar-refractivity contribution in [2.75, 3.05) is 11.8 Å². The minimum absolute atomic E-state index is 0.500. The van der Waals surface area contributed by atoms with Crippen LogP contribution < -0.4 is 0 Å². The molecule has 0 aromatic carbocycles. The average molecular weight is 177 g/mol. The highest BCUT2D eigenvalue weighted by molar-refractivity contribution is 6.19. The lowest BCUT2D eigenvalue weighted by Crippen LogP contribution is -2.02. The van der Waals surface area contributed by atoms with Crippen molar-refractivity contribution >= 4 is 23.2 Å². The summed E-state index contributed by atoms with van der Waals surface area (Å²) in [6.07, 6.45) is 7.41. The van der Waals surface area contributed by atoms with Gasteiger partial charge in [-0.25, -0.2) is 0 Å². The van der Waals surface area contributed by atoms with Gasteiger partial charge in [0.25, 0.3) is 0 Å². The van der Waals surface area contributed by atoms with Gasteiger partial charge in [0.15, 0.2) is 0 Å². The summed E-state index contributed by atoms with van der Waals surface area (Å²) in [5, 5.41) is 0. The molecular weight excluding hydrogens is 167 g/mol. The Kier molecular flexibility index (Phi) is 3.30. The molecule has 1 atom stereocenters. The van der Waals surface area contributed by atoms with E-state index in [1.165, 1.54) is 5.57 Å². The first-order valence-electron chi connectivity index (χ1n) is 3.36. The fourth-order valence-corrected chi connectivity index (χ4v) is 1.41. The number of hydrogen-bond acceptors (Lipinski definition) is 0. The van der Waals surface area contributed by atoms with E-state index < -0.39 is 0 Å². The molecule has 0 bridgehead atoms. The molecule has 1 rings (SSSR count). The van der Waals surface area contributed by atoms with Crippen molar-refractivity contribution in [1.29, 1.82) is 0 Å². The number of halogens is 2. The van der Waals surface area contributed by atoms with E-state index in [4.69, 9.17) is 23.2 Å². The number of alkyl halides is 2. The number of hydrogen-bond donors (Lipinski definition) is 0. The third-order valence-electron chi connectivity index (χ3n) is 1.57. The monoisotopic (exact) mass is 176 g/mol. The van der Waals surface area contributed by atoms with Gasteiger partial charge >= 0.3 is 0 Å². The van der Waals surface area contributed by atoms with Gasteiger partial charge in [0.05, 0.1) is 0 Å². The Hall–Kier alpha value is 0.0600. The van der Waals surface area contributed by atoms with Crippen LogP contribution >= 0.6 is 23.2 Å². The van der Waals surface area contributed by atoms with Crippen LogP contribution in [0, 0.1) is 5.92 Å². The maximum Gasteiger partial charge on any atom is 0.0470 e. The molecule has 0 N–H and O–H groups in total. The molecule has 56 valence electrons. The molecule has 0 aromatic heterocycles. The third kappa shape index (κ3) is 2.03. The second-order valence-electron chi connectivity index (χ2n) is 2.43. The van der Waals surface area contributed by atoms with Gasteiger partial charge in [-0.3, -0.25) is 0 Å². The van der Waals surface area contributed by atoms with Crippen molar-refractivity contribution in [3.05, 3.63) is 23.8 Å². The molecule has 1 aliphatic carbocycles. The molecule has 0 nitrogen and oxygen atoms in total. The highest BCUT2D eigenvalue weighted by Crippen LogP contribution is 2.18. The van der Waals surface area contributed by atoms with Crippen molar-refractivity contribution < 1.29 is 0 Å². The summed E-state index contributed by atoms with van der Waals surface area (Å²) in [5.74, 6) is 1.80. The van der Waals surface area contributed by atoms with Gasteiger partial charge in [-0.05, 0) is 17.9 Å². The van der Waals surface area contributed by atoms with Gasteiger partial charge in [0.1, 0.15) is 0 Å². The largest absolute Gasteiger partial charge is 0.126 e. The van der Waals surface area contributed by atoms with E-state index in [9.17, 15) is 0 Å². The van der Waals surface area contributed by atoms with Crippen LogP contribution in [0.4, 0.5) is 0 Å². The SMILES string of the molecule is ClCC1=CC(CCl)CC=C1. The van der Waals surface area contributed by atoms with Crippen LogP contribution in [0.1, 0.15) is 6.42 Å². The molecule has 0 saturated carbocycles. The number of allylic oxidation sites excluding steroid dienone is 4. The van der Waals surface area contributed by atoms with Crippen LogP contribution in [-0.4, -0.2) is 11.8 Å². The van der Waals surface area contributed by atoms with Gasteiger partial charge < -0.3 is 0 Å². The average Bonchev–Trinajstić information content (AvgIpc) is 2.05. The van der Waals surface area contributed by atoms with Gasteiger partial charge in [-0.15, -0.1) is 23.2 Å². The molecular formula is C8H10Cl2. The van der Waals surface area contributed by atoms with E-state index >= 15 is 0 Å². The van der Waals surface area contributed by atoms with Crippen molar-refractivity contribution in [3.63, 3.8) is 0 Å². The summed E-state index contributed by atoms with van der Waals surface area (Å²) >= 11 is 11.3. The van der Waals surface area contributed by atoms with E-state index in [2.05, 4.69) is 18.2 Å². The van der Waals surface area contributed by atoms with Crippen LogP contribution in [-0.2, 0) is 0 Å². The standard InChI is InChI=1S/C8H10Cl2/c9-5-7-2-1-3-8(4-7)6-10/h1-2,4,8H,3,5-6H2. The molecule has 1 aliphatic rings. The van der Waals surface area contributed by atoms with Gasteiger partial charge in [-0.1, -0.05) is 18.2 Å². The molecule has 0 amide bonds. The Bertz CT molecular complexity index is 159. The lowest BCUT2D eigenvalue weighted by Gasteiger charge is -2.11. The van der Waals surface area contributed by atoms with Crippen molar-refractivity contribution in [3.8, 4) is 0 Å². The molecule has 1 unspecified atom stereocenters. The summed E-state index contributed by atoms with van der Waals surface area (Å²) in [6.45, 7) is 0. The Balaban J connectivity index is 2.56. The lowest BCUT2D eigenvalue weighted by molar-refractivity contribution is 0.737. The van der Waals surface area contributed by atoms with Gasteiger partial charge in [0, 0.05) is 11.8 Å². The van der Waals surface area contributed by atoms with Gasteiger partial charge in [0.2, 0.25) is 0 Å². The van der Waals surface area contributed by atoms with E-state index in [0.29, 0.717) is 17.7 Å². The van der Waals surface area contributed by atoms with Crippen molar-refractivity contribution in [1.82, 2.24) is 0 Å². The molecule has 0 radical (unpaired) electrons. The van der Waals surface area contributed by atoms with E-state index in [-0.39, 0.29) is 0 Å². The minimum atomic E-state index is 0.500. The zero-order valence-electron chi connectivity index (χ0n) is 5.69. The summed E-state index contributed by atoms with van der Waals surface area (Å²) in [6, 6.07) is 0. The first kappa shape index (κ1) is 8.16. The molecule has 2 heteroatoms. The maximum absolute atomic E-state index is 5.68. The van der Waals surface area contributed by atoms with Crippen molar-refractivity contribution in [2.45, 2.75) is 6.42 Å². The van der Waals surface area contributed by atoms with E-state index in [1.54, 1.807) is 0 Å². The van der Waals surface area contributed by atoms with Crippen LogP contribution in [0.15, 0.2) is 23.8 Å². The Labute approximate surface area is 71.5 Å². The molecule has 0 spiro atoms. The maximum atomic E-state index is 5.68. The summed E-state index contributed by atoms with van der Waals surface area (Å²) in [5.41, 5.74) is 1.19. The predicted octanol–water partition coefficient (Wildman–Crippen LogP) is 2.97. The summed E-state index contributed by atoms with van der Waals surface area (Å²) in [7, 11) is 0. The Morgan fingerprint density at radius 2 is 2.30 bits per heavy atom. The zero-order valence-corrected chi connectivity index (χ0v) is 7.20. The van der Waals surface area contributed by atoms with Gasteiger partial charge in [-0.2, -0.15) is 0 Å². The molecule has 0 aliphatic heterocycles. The van der Waals surface area contributed by atoms with Crippen LogP contribution in [0.3, 0.4) is 0 Å². The summed E-state index contributed by atoms with van der Waals surface area (Å²) in [4.78, 5) is 0. The second kappa shape index (κ2) is 4.05. The quantitative estimate of drug-likeness (QED) is 0.569. The second-order valence-corrected chi connectivity index (χ2v) is 3.00. The molecule has 0 saturated heterocycles.